The van der Waals surface area contributed by atoms with E-state index in [4.69, 9.17) is 4.74 Å². The van der Waals surface area contributed by atoms with Gasteiger partial charge in [0.15, 0.2) is 5.75 Å². The molecule has 1 heterocycles. The SMILES string of the molecule is O=C1CCOc2c(cccc2-c2ccccc2)N1. The molecule has 0 aromatic heterocycles. The first-order chi connectivity index (χ1) is 8.84. The summed E-state index contributed by atoms with van der Waals surface area (Å²) in [4.78, 5) is 11.5. The Bertz CT molecular complexity index is 578. The molecule has 0 radical (unpaired) electrons. The number of hydrogen-bond acceptors (Lipinski definition) is 2. The molecular formula is C15H13NO2. The number of carbonyl (C=O) groups excluding carboxylic acids is 1. The van der Waals surface area contributed by atoms with Crippen LogP contribution < -0.4 is 10.1 Å². The molecule has 2 aromatic rings. The fourth-order valence-corrected chi connectivity index (χ4v) is 2.09. The number of ether oxygens (including phenoxy) is 1. The number of nitrogens with one attached hydrogen (secondary N) is 1. The fraction of sp³-hybridized carbons (Fsp3) is 0.133. The molecule has 0 aliphatic carbocycles. The third-order valence-corrected chi connectivity index (χ3v) is 2.95. The first-order valence-electron chi connectivity index (χ1n) is 5.96. The molecule has 0 atom stereocenters. The van der Waals surface area contributed by atoms with Crippen LogP contribution in [0.25, 0.3) is 11.1 Å². The van der Waals surface area contributed by atoms with Gasteiger partial charge in [0.2, 0.25) is 5.91 Å². The van der Waals surface area contributed by atoms with Crippen LogP contribution in [0.15, 0.2) is 48.5 Å². The van der Waals surface area contributed by atoms with E-state index >= 15 is 0 Å². The summed E-state index contributed by atoms with van der Waals surface area (Å²) in [5, 5.41) is 2.87. The lowest BCUT2D eigenvalue weighted by Gasteiger charge is -2.12. The molecule has 1 aliphatic rings. The smallest absolute Gasteiger partial charge is 0.227 e. The Kier molecular flexibility index (Phi) is 2.73. The number of amides is 1. The van der Waals surface area contributed by atoms with E-state index < -0.39 is 0 Å². The zero-order valence-electron chi connectivity index (χ0n) is 9.85. The van der Waals surface area contributed by atoms with E-state index in [1.807, 2.05) is 48.5 Å². The van der Waals surface area contributed by atoms with Crippen molar-refractivity contribution in [1.29, 1.82) is 0 Å². The summed E-state index contributed by atoms with van der Waals surface area (Å²) >= 11 is 0. The Balaban J connectivity index is 2.12. The molecule has 0 spiro atoms. The molecule has 3 rings (SSSR count). The first kappa shape index (κ1) is 10.8. The third-order valence-electron chi connectivity index (χ3n) is 2.95. The second-order valence-electron chi connectivity index (χ2n) is 4.19. The van der Waals surface area contributed by atoms with Gasteiger partial charge in [0.1, 0.15) is 0 Å². The molecule has 0 saturated heterocycles. The molecule has 3 nitrogen and oxygen atoms in total. The third kappa shape index (κ3) is 1.95. The molecule has 0 bridgehead atoms. The molecular weight excluding hydrogens is 226 g/mol. The van der Waals surface area contributed by atoms with Gasteiger partial charge in [-0.25, -0.2) is 0 Å². The highest BCUT2D eigenvalue weighted by Crippen LogP contribution is 2.37. The molecule has 18 heavy (non-hydrogen) atoms. The number of rotatable bonds is 1. The van der Waals surface area contributed by atoms with Crippen LogP contribution in [0.3, 0.4) is 0 Å². The van der Waals surface area contributed by atoms with Crippen molar-refractivity contribution in [2.75, 3.05) is 11.9 Å². The number of carbonyl (C=O) groups is 1. The zero-order valence-corrected chi connectivity index (χ0v) is 9.85. The summed E-state index contributed by atoms with van der Waals surface area (Å²) in [6.07, 6.45) is 0.392. The first-order valence-corrected chi connectivity index (χ1v) is 5.96. The Morgan fingerprint density at radius 3 is 2.67 bits per heavy atom. The Labute approximate surface area is 105 Å². The summed E-state index contributed by atoms with van der Waals surface area (Å²) in [5.41, 5.74) is 2.85. The maximum absolute atomic E-state index is 11.5. The predicted octanol–water partition coefficient (Wildman–Crippen LogP) is 3.07. The van der Waals surface area contributed by atoms with Gasteiger partial charge in [-0.1, -0.05) is 42.5 Å². The lowest BCUT2D eigenvalue weighted by atomic mass is 10.0. The van der Waals surface area contributed by atoms with Crippen LogP contribution in [0.4, 0.5) is 5.69 Å². The maximum Gasteiger partial charge on any atom is 0.227 e. The van der Waals surface area contributed by atoms with Crippen molar-refractivity contribution in [1.82, 2.24) is 0 Å². The topological polar surface area (TPSA) is 38.3 Å². The van der Waals surface area contributed by atoms with Crippen LogP contribution in [-0.2, 0) is 4.79 Å². The van der Waals surface area contributed by atoms with Gasteiger partial charge in [0, 0.05) is 5.56 Å². The van der Waals surface area contributed by atoms with Crippen LogP contribution in [0, 0.1) is 0 Å². The van der Waals surface area contributed by atoms with Gasteiger partial charge < -0.3 is 10.1 Å². The lowest BCUT2D eigenvalue weighted by molar-refractivity contribution is -0.116. The Hall–Kier alpha value is -2.29. The van der Waals surface area contributed by atoms with E-state index in [1.54, 1.807) is 0 Å². The molecule has 1 amide bonds. The average molecular weight is 239 g/mol. The van der Waals surface area contributed by atoms with Gasteiger partial charge in [-0.15, -0.1) is 0 Å². The number of anilines is 1. The number of hydrogen-bond donors (Lipinski definition) is 1. The number of para-hydroxylation sites is 1. The minimum absolute atomic E-state index is 0.000961. The van der Waals surface area contributed by atoms with Crippen molar-refractivity contribution in [2.45, 2.75) is 6.42 Å². The van der Waals surface area contributed by atoms with Gasteiger partial charge >= 0.3 is 0 Å². The van der Waals surface area contributed by atoms with Gasteiger partial charge in [-0.2, -0.15) is 0 Å². The standard InChI is InChI=1S/C15H13NO2/c17-14-9-10-18-15-12(7-4-8-13(15)16-14)11-5-2-1-3-6-11/h1-8H,9-10H2,(H,16,17). The second kappa shape index (κ2) is 4.53. The van der Waals surface area contributed by atoms with Crippen molar-refractivity contribution in [3.63, 3.8) is 0 Å². The van der Waals surface area contributed by atoms with Gasteiger partial charge in [0.25, 0.3) is 0 Å². The normalized spacial score (nSPS) is 14.1. The van der Waals surface area contributed by atoms with E-state index in [0.29, 0.717) is 13.0 Å². The van der Waals surface area contributed by atoms with E-state index in [9.17, 15) is 4.79 Å². The summed E-state index contributed by atoms with van der Waals surface area (Å²) in [5.74, 6) is 0.758. The highest BCUT2D eigenvalue weighted by atomic mass is 16.5. The van der Waals surface area contributed by atoms with Crippen molar-refractivity contribution < 1.29 is 9.53 Å². The zero-order chi connectivity index (χ0) is 12.4. The quantitative estimate of drug-likeness (QED) is 0.830. The highest BCUT2D eigenvalue weighted by molar-refractivity contribution is 5.95. The minimum atomic E-state index is -0.000961. The van der Waals surface area contributed by atoms with Crippen LogP contribution in [-0.4, -0.2) is 12.5 Å². The van der Waals surface area contributed by atoms with Gasteiger partial charge in [-0.3, -0.25) is 4.79 Å². The van der Waals surface area contributed by atoms with Crippen LogP contribution in [0.5, 0.6) is 5.75 Å². The predicted molar refractivity (Wildman–Crippen MR) is 70.6 cm³/mol. The summed E-state index contributed by atoms with van der Waals surface area (Å²) in [6.45, 7) is 0.419. The van der Waals surface area contributed by atoms with Gasteiger partial charge in [-0.05, 0) is 11.6 Å². The molecule has 0 fully saturated rings. The van der Waals surface area contributed by atoms with E-state index in [0.717, 1.165) is 22.6 Å². The van der Waals surface area contributed by atoms with Crippen LogP contribution in [0.2, 0.25) is 0 Å². The average Bonchev–Trinajstić information content (AvgIpc) is 2.60. The summed E-state index contributed by atoms with van der Waals surface area (Å²) in [7, 11) is 0. The van der Waals surface area contributed by atoms with Crippen molar-refractivity contribution >= 4 is 11.6 Å². The van der Waals surface area contributed by atoms with Crippen LogP contribution >= 0.6 is 0 Å². The van der Waals surface area contributed by atoms with Crippen molar-refractivity contribution in [3.8, 4) is 16.9 Å². The molecule has 90 valence electrons. The molecule has 1 N–H and O–H groups in total. The van der Waals surface area contributed by atoms with Gasteiger partial charge in [0.05, 0.1) is 18.7 Å². The van der Waals surface area contributed by atoms with E-state index in [1.165, 1.54) is 0 Å². The molecule has 3 heteroatoms. The fourth-order valence-electron chi connectivity index (χ4n) is 2.09. The minimum Gasteiger partial charge on any atom is -0.490 e. The van der Waals surface area contributed by atoms with Crippen molar-refractivity contribution in [2.24, 2.45) is 0 Å². The molecule has 0 saturated carbocycles. The molecule has 1 aliphatic heterocycles. The molecule has 0 unspecified atom stereocenters. The number of benzene rings is 2. The summed E-state index contributed by atoms with van der Waals surface area (Å²) in [6, 6.07) is 15.8. The highest BCUT2D eigenvalue weighted by Gasteiger charge is 2.17. The van der Waals surface area contributed by atoms with E-state index in [2.05, 4.69) is 5.32 Å². The largest absolute Gasteiger partial charge is 0.490 e. The Morgan fingerprint density at radius 2 is 1.83 bits per heavy atom. The summed E-state index contributed by atoms with van der Waals surface area (Å²) < 4.78 is 5.72. The van der Waals surface area contributed by atoms with Crippen LogP contribution in [0.1, 0.15) is 6.42 Å². The van der Waals surface area contributed by atoms with Crippen molar-refractivity contribution in [3.05, 3.63) is 48.5 Å². The monoisotopic (exact) mass is 239 g/mol. The second-order valence-corrected chi connectivity index (χ2v) is 4.19. The van der Waals surface area contributed by atoms with E-state index in [-0.39, 0.29) is 5.91 Å². The molecule has 2 aromatic carbocycles. The Morgan fingerprint density at radius 1 is 1.00 bits per heavy atom. The number of fused-ring (bicyclic) bond motifs is 1. The lowest BCUT2D eigenvalue weighted by Crippen LogP contribution is -2.10. The maximum atomic E-state index is 11.5.